The Morgan fingerprint density at radius 3 is 2.34 bits per heavy atom. The third-order valence-corrected chi connectivity index (χ3v) is 5.82. The largest absolute Gasteiger partial charge is 0.451 e. The summed E-state index contributed by atoms with van der Waals surface area (Å²) in [5.74, 6) is -0.925. The van der Waals surface area contributed by atoms with Crippen LogP contribution in [0.3, 0.4) is 0 Å². The number of amides is 3. The van der Waals surface area contributed by atoms with Gasteiger partial charge in [0.25, 0.3) is 17.7 Å². The number of fused-ring (bicyclic) bond motifs is 1. The molecular weight excluding hydrogens is 486 g/mol. The number of carbonyl (C=O) groups excluding carboxylic acids is 3. The Labute approximate surface area is 210 Å². The molecule has 0 fully saturated rings. The van der Waals surface area contributed by atoms with Crippen LogP contribution in [-0.4, -0.2) is 22.8 Å². The van der Waals surface area contributed by atoms with Gasteiger partial charge in [0.1, 0.15) is 5.76 Å². The molecule has 3 amide bonds. The first-order valence-corrected chi connectivity index (χ1v) is 11.3. The third-order valence-electron chi connectivity index (χ3n) is 5.36. The van der Waals surface area contributed by atoms with Crippen LogP contribution < -0.4 is 15.5 Å². The number of hydrogen-bond acceptors (Lipinski definition) is 5. The molecule has 35 heavy (non-hydrogen) atoms. The van der Waals surface area contributed by atoms with E-state index in [1.54, 1.807) is 78.9 Å². The predicted molar refractivity (Wildman–Crippen MR) is 137 cm³/mol. The highest BCUT2D eigenvalue weighted by Gasteiger charge is 2.38. The Bertz CT molecular complexity index is 1480. The van der Waals surface area contributed by atoms with Crippen LogP contribution in [0.2, 0.25) is 5.02 Å². The molecule has 9 heteroatoms. The summed E-state index contributed by atoms with van der Waals surface area (Å²) in [4.78, 5) is 39.8. The molecule has 172 valence electrons. The van der Waals surface area contributed by atoms with Gasteiger partial charge in [-0.3, -0.25) is 19.7 Å². The van der Waals surface area contributed by atoms with Crippen molar-refractivity contribution in [2.24, 2.45) is 0 Å². The Morgan fingerprint density at radius 2 is 1.60 bits per heavy atom. The van der Waals surface area contributed by atoms with Crippen molar-refractivity contribution >= 4 is 58.0 Å². The molecule has 2 N–H and O–H groups in total. The van der Waals surface area contributed by atoms with Crippen LogP contribution in [0.1, 0.15) is 31.3 Å². The molecule has 0 radical (unpaired) electrons. The molecule has 0 bridgehead atoms. The number of para-hydroxylation sites is 1. The molecule has 5 rings (SSSR count). The highest BCUT2D eigenvalue weighted by molar-refractivity contribution is 7.80. The topological polar surface area (TPSA) is 91.7 Å². The second-order valence-electron chi connectivity index (χ2n) is 7.59. The van der Waals surface area contributed by atoms with E-state index in [-0.39, 0.29) is 22.0 Å². The molecule has 2 heterocycles. The lowest BCUT2D eigenvalue weighted by Crippen LogP contribution is -2.34. The third kappa shape index (κ3) is 4.32. The lowest BCUT2D eigenvalue weighted by molar-refractivity contribution is 0.0922. The number of nitrogens with one attached hydrogen (secondary N) is 2. The van der Waals surface area contributed by atoms with Gasteiger partial charge in [-0.25, -0.2) is 4.90 Å². The van der Waals surface area contributed by atoms with E-state index in [9.17, 15) is 14.4 Å². The first-order valence-electron chi connectivity index (χ1n) is 10.5. The Balaban J connectivity index is 1.32. The molecule has 1 aromatic heterocycles. The van der Waals surface area contributed by atoms with E-state index in [1.165, 1.54) is 6.07 Å². The maximum atomic E-state index is 13.1. The summed E-state index contributed by atoms with van der Waals surface area (Å²) in [5, 5.41) is 5.93. The van der Waals surface area contributed by atoms with Crippen LogP contribution in [-0.2, 0) is 0 Å². The van der Waals surface area contributed by atoms with Crippen LogP contribution >= 0.6 is 23.8 Å². The summed E-state index contributed by atoms with van der Waals surface area (Å²) in [6, 6.07) is 23.7. The van der Waals surface area contributed by atoms with E-state index in [0.717, 1.165) is 10.5 Å². The van der Waals surface area contributed by atoms with Gasteiger partial charge in [0.2, 0.25) is 0 Å². The number of benzene rings is 3. The average molecular weight is 502 g/mol. The minimum absolute atomic E-state index is 0.0498. The minimum atomic E-state index is -0.566. The highest BCUT2D eigenvalue weighted by atomic mass is 35.5. The lowest BCUT2D eigenvalue weighted by atomic mass is 10.1. The molecule has 0 saturated heterocycles. The van der Waals surface area contributed by atoms with Gasteiger partial charge in [0.15, 0.2) is 10.9 Å². The number of imide groups is 1. The van der Waals surface area contributed by atoms with Gasteiger partial charge in [-0.15, -0.1) is 0 Å². The molecule has 3 aromatic carbocycles. The SMILES string of the molecule is O=C(NC(=S)Nc1cccc2c1C(=O)N(c1ccccc1)C2=O)c1ccc(-c2ccc(Cl)cc2)o1. The number of furan rings is 1. The molecule has 0 aliphatic carbocycles. The van der Waals surface area contributed by atoms with Gasteiger partial charge in [0, 0.05) is 10.6 Å². The smallest absolute Gasteiger partial charge is 0.293 e. The first kappa shape index (κ1) is 22.5. The lowest BCUT2D eigenvalue weighted by Gasteiger charge is -2.14. The number of nitrogens with zero attached hydrogens (tertiary/aromatic N) is 1. The zero-order valence-corrected chi connectivity index (χ0v) is 19.5. The number of anilines is 2. The molecular formula is C26H16ClN3O4S. The van der Waals surface area contributed by atoms with E-state index in [2.05, 4.69) is 10.6 Å². The summed E-state index contributed by atoms with van der Waals surface area (Å²) >= 11 is 11.2. The van der Waals surface area contributed by atoms with Crippen LogP contribution in [0.5, 0.6) is 0 Å². The monoisotopic (exact) mass is 501 g/mol. The van der Waals surface area contributed by atoms with E-state index in [0.29, 0.717) is 22.2 Å². The van der Waals surface area contributed by atoms with Gasteiger partial charge in [0.05, 0.1) is 22.5 Å². The molecule has 4 aromatic rings. The number of thiocarbonyl (C=S) groups is 1. The standard InChI is InChI=1S/C26H16ClN3O4S/c27-16-11-9-15(10-12-16)20-13-14-21(34-20)23(31)29-26(35)28-19-8-4-7-18-22(19)25(33)30(24(18)32)17-5-2-1-3-6-17/h1-14H,(H2,28,29,31,35). The first-order chi connectivity index (χ1) is 16.9. The maximum absolute atomic E-state index is 13.1. The summed E-state index contributed by atoms with van der Waals surface area (Å²) in [5.41, 5.74) is 1.97. The Kier molecular flexibility index (Phi) is 5.90. The zero-order valence-electron chi connectivity index (χ0n) is 17.9. The fourth-order valence-corrected chi connectivity index (χ4v) is 4.08. The Hall–Kier alpha value is -4.27. The van der Waals surface area contributed by atoms with Crippen LogP contribution in [0.15, 0.2) is 89.3 Å². The molecule has 0 spiro atoms. The molecule has 0 unspecified atom stereocenters. The molecule has 7 nitrogen and oxygen atoms in total. The minimum Gasteiger partial charge on any atom is -0.451 e. The molecule has 0 saturated carbocycles. The summed E-state index contributed by atoms with van der Waals surface area (Å²) in [7, 11) is 0. The van der Waals surface area contributed by atoms with Crippen LogP contribution in [0.4, 0.5) is 11.4 Å². The fourth-order valence-electron chi connectivity index (χ4n) is 3.75. The predicted octanol–water partition coefficient (Wildman–Crippen LogP) is 5.53. The van der Waals surface area contributed by atoms with Crippen molar-refractivity contribution in [1.29, 1.82) is 0 Å². The van der Waals surface area contributed by atoms with Gasteiger partial charge >= 0.3 is 0 Å². The van der Waals surface area contributed by atoms with Gasteiger partial charge in [-0.2, -0.15) is 0 Å². The Morgan fingerprint density at radius 1 is 0.857 bits per heavy atom. The normalized spacial score (nSPS) is 12.4. The van der Waals surface area contributed by atoms with Crippen molar-refractivity contribution in [3.05, 3.63) is 107 Å². The number of halogens is 1. The summed E-state index contributed by atoms with van der Waals surface area (Å²) < 4.78 is 5.64. The van der Waals surface area contributed by atoms with Crippen LogP contribution in [0, 0.1) is 0 Å². The van der Waals surface area contributed by atoms with Gasteiger partial charge in [-0.1, -0.05) is 35.9 Å². The van der Waals surface area contributed by atoms with Crippen molar-refractivity contribution in [2.45, 2.75) is 0 Å². The molecule has 1 aliphatic heterocycles. The second-order valence-corrected chi connectivity index (χ2v) is 8.43. The maximum Gasteiger partial charge on any atom is 0.293 e. The summed E-state index contributed by atoms with van der Waals surface area (Å²) in [6.07, 6.45) is 0. The van der Waals surface area contributed by atoms with E-state index in [1.807, 2.05) is 0 Å². The van der Waals surface area contributed by atoms with Crippen molar-refractivity contribution in [1.82, 2.24) is 5.32 Å². The number of carbonyl (C=O) groups is 3. The van der Waals surface area contributed by atoms with Crippen LogP contribution in [0.25, 0.3) is 11.3 Å². The second kappa shape index (κ2) is 9.17. The number of hydrogen-bond donors (Lipinski definition) is 2. The number of rotatable bonds is 4. The van der Waals surface area contributed by atoms with Crippen molar-refractivity contribution in [3.63, 3.8) is 0 Å². The van der Waals surface area contributed by atoms with Crippen molar-refractivity contribution < 1.29 is 18.8 Å². The summed E-state index contributed by atoms with van der Waals surface area (Å²) in [6.45, 7) is 0. The van der Waals surface area contributed by atoms with Gasteiger partial charge in [-0.05, 0) is 72.9 Å². The quantitative estimate of drug-likeness (QED) is 0.282. The van der Waals surface area contributed by atoms with Gasteiger partial charge < -0.3 is 9.73 Å². The average Bonchev–Trinajstić information content (AvgIpc) is 3.44. The van der Waals surface area contributed by atoms with E-state index in [4.69, 9.17) is 28.2 Å². The van der Waals surface area contributed by atoms with Crippen molar-refractivity contribution in [2.75, 3.05) is 10.2 Å². The molecule has 1 aliphatic rings. The molecule has 0 atom stereocenters. The van der Waals surface area contributed by atoms with Crippen molar-refractivity contribution in [3.8, 4) is 11.3 Å². The highest BCUT2D eigenvalue weighted by Crippen LogP contribution is 2.32. The zero-order chi connectivity index (χ0) is 24.5. The fraction of sp³-hybridized carbons (Fsp3) is 0. The van der Waals surface area contributed by atoms with E-state index < -0.39 is 17.7 Å². The van der Waals surface area contributed by atoms with E-state index >= 15 is 0 Å².